The minimum Gasteiger partial charge on any atom is -0.0928 e. The number of hydrogen-bond donors (Lipinski definition) is 0. The van der Waals surface area contributed by atoms with Crippen LogP contribution in [0, 0.1) is 0 Å². The van der Waals surface area contributed by atoms with E-state index in [1.54, 1.807) is 15.1 Å². The maximum Gasteiger partial charge on any atom is 0.0280 e. The predicted molar refractivity (Wildman–Crippen MR) is 30.5 cm³/mol. The van der Waals surface area contributed by atoms with Gasteiger partial charge in [-0.2, -0.15) is 0 Å². The maximum atomic E-state index is 2.81. The third-order valence-electron chi connectivity index (χ3n) is 0.193. The van der Waals surface area contributed by atoms with Crippen molar-refractivity contribution in [3.05, 3.63) is 0 Å². The normalized spacial score (nSPS) is 43.8. The van der Waals surface area contributed by atoms with Crippen LogP contribution >= 0.6 is 31.0 Å². The summed E-state index contributed by atoms with van der Waals surface area (Å²) in [6.07, 6.45) is 0. The van der Waals surface area contributed by atoms with E-state index in [1.165, 1.54) is 0 Å². The quantitative estimate of drug-likeness (QED) is 0.437. The Morgan fingerprint density at radius 1 is 1.50 bits per heavy atom. The molecule has 0 nitrogen and oxygen atoms in total. The summed E-state index contributed by atoms with van der Waals surface area (Å²) in [6.45, 7) is 0.491. The molecule has 1 aliphatic heterocycles. The van der Waals surface area contributed by atoms with Gasteiger partial charge in [-0.05, 0) is 15.1 Å². The van der Waals surface area contributed by atoms with Crippen molar-refractivity contribution in [1.82, 2.24) is 0 Å². The first-order valence-electron chi connectivity index (χ1n) is 0.858. The van der Waals surface area contributed by atoms with Crippen LogP contribution in [-0.4, -0.2) is 0 Å². The molecule has 1 aliphatic rings. The first-order valence-corrected chi connectivity index (χ1v) is 7.72. The van der Waals surface area contributed by atoms with E-state index in [0.29, 0.717) is 6.99 Å². The van der Waals surface area contributed by atoms with Crippen LogP contribution in [0.1, 0.15) is 0 Å². The molecule has 4 heteroatoms. The van der Waals surface area contributed by atoms with Crippen LogP contribution in [0.25, 0.3) is 0 Å². The van der Waals surface area contributed by atoms with Crippen molar-refractivity contribution < 1.29 is 0 Å². The van der Waals surface area contributed by atoms with Crippen LogP contribution in [0.3, 0.4) is 0 Å². The summed E-state index contributed by atoms with van der Waals surface area (Å²) in [5.41, 5.74) is 0. The van der Waals surface area contributed by atoms with Crippen LogP contribution < -0.4 is 0 Å². The van der Waals surface area contributed by atoms with Crippen molar-refractivity contribution in [3.63, 3.8) is 0 Å². The largest absolute Gasteiger partial charge is 0.0928 e. The molecule has 0 aromatic heterocycles. The molecule has 0 N–H and O–H groups in total. The van der Waals surface area contributed by atoms with Gasteiger partial charge in [0.1, 0.15) is 0 Å². The lowest BCUT2D eigenvalue weighted by Crippen LogP contribution is -0.678. The molecule has 22 valence electrons. The maximum absolute atomic E-state index is 2.81. The standard InChI is InChI=1S/H2P4/c1-4-2-3-4/h1H2. The third kappa shape index (κ3) is 1.05. The summed E-state index contributed by atoms with van der Waals surface area (Å²) in [5, 5.41) is 0. The minimum atomic E-state index is 0.491. The Morgan fingerprint density at radius 2 is 1.75 bits per heavy atom. The van der Waals surface area contributed by atoms with Crippen molar-refractivity contribution in [3.8, 4) is 0 Å². The van der Waals surface area contributed by atoms with Gasteiger partial charge in [-0.1, -0.05) is 8.93 Å². The highest BCUT2D eigenvalue weighted by Crippen LogP contribution is 2.88. The van der Waals surface area contributed by atoms with E-state index in [1.807, 2.05) is 0 Å². The molecule has 4 heavy (non-hydrogen) atoms. The molecule has 0 spiro atoms. The van der Waals surface area contributed by atoms with Crippen molar-refractivity contribution in [2.45, 2.75) is 0 Å². The Morgan fingerprint density at radius 3 is 1.75 bits per heavy atom. The Balaban J connectivity index is 2.32. The number of hydrogen-bond acceptors (Lipinski definition) is 0. The van der Waals surface area contributed by atoms with Gasteiger partial charge >= 0.3 is 0 Å². The van der Waals surface area contributed by atoms with Crippen molar-refractivity contribution >= 4 is 31.0 Å². The van der Waals surface area contributed by atoms with Crippen molar-refractivity contribution in [1.29, 1.82) is 0 Å². The van der Waals surface area contributed by atoms with Crippen LogP contribution in [0.2, 0.25) is 0 Å². The second-order valence-electron chi connectivity index (χ2n) is 0.499. The molecule has 0 saturated heterocycles. The monoisotopic (exact) mass is 126 g/mol. The first-order chi connectivity index (χ1) is 1.89. The van der Waals surface area contributed by atoms with E-state index in [0.717, 1.165) is 0 Å². The molecule has 0 amide bonds. The van der Waals surface area contributed by atoms with Gasteiger partial charge in [-0.15, -0.1) is 0 Å². The zero-order chi connectivity index (χ0) is 2.99. The van der Waals surface area contributed by atoms with E-state index in [2.05, 4.69) is 8.93 Å². The van der Waals surface area contributed by atoms with Crippen LogP contribution in [0.4, 0.5) is 0 Å². The lowest BCUT2D eigenvalue weighted by molar-refractivity contribution is 5.38. The van der Waals surface area contributed by atoms with E-state index in [9.17, 15) is 0 Å². The lowest BCUT2D eigenvalue weighted by atomic mass is 29.4. The molecule has 0 saturated carbocycles. The van der Waals surface area contributed by atoms with Crippen LogP contribution in [0.15, 0.2) is 0 Å². The van der Waals surface area contributed by atoms with Gasteiger partial charge in [0.2, 0.25) is 0 Å². The van der Waals surface area contributed by atoms with Gasteiger partial charge in [0, 0.05) is 6.99 Å². The summed E-state index contributed by atoms with van der Waals surface area (Å²) in [6, 6.07) is 0. The zero-order valence-corrected chi connectivity index (χ0v) is 5.76. The molecule has 0 radical (unpaired) electrons. The number of rotatable bonds is 0. The Hall–Kier alpha value is 1.46. The highest BCUT2D eigenvalue weighted by molar-refractivity contribution is 8.94. The van der Waals surface area contributed by atoms with Crippen LogP contribution in [0.5, 0.6) is 0 Å². The molecule has 0 bridgehead atoms. The van der Waals surface area contributed by atoms with E-state index in [-0.39, 0.29) is 0 Å². The highest BCUT2D eigenvalue weighted by Gasteiger charge is 2.01. The topological polar surface area (TPSA) is 0 Å². The van der Waals surface area contributed by atoms with Crippen molar-refractivity contribution in [2.75, 3.05) is 0 Å². The Kier molecular flexibility index (Phi) is 1.17. The molecular formula is H2P4. The molecule has 0 fully saturated rings. The molecular weight excluding hydrogens is 124 g/mol. The zero-order valence-electron chi connectivity index (χ0n) is 1.92. The average Bonchev–Trinajstić information content (AvgIpc) is 1.75. The SMILES string of the molecule is PP1P=P1. The molecule has 0 aromatic rings. The fraction of sp³-hybridized carbons (Fsp3) is 0. The Labute approximate surface area is 31.8 Å². The van der Waals surface area contributed by atoms with E-state index < -0.39 is 0 Å². The molecule has 1 unspecified atom stereocenters. The van der Waals surface area contributed by atoms with Gasteiger partial charge < -0.3 is 0 Å². The minimum absolute atomic E-state index is 0.491. The highest BCUT2D eigenvalue weighted by atomic mass is 33.0. The first kappa shape index (κ1) is 3.64. The van der Waals surface area contributed by atoms with Gasteiger partial charge in [-0.25, -0.2) is 0 Å². The second-order valence-corrected chi connectivity index (χ2v) is 13.5. The van der Waals surface area contributed by atoms with Gasteiger partial charge in [0.15, 0.2) is 0 Å². The van der Waals surface area contributed by atoms with Gasteiger partial charge in [-0.3, -0.25) is 0 Å². The lowest BCUT2D eigenvalue weighted by Gasteiger charge is -1.55. The van der Waals surface area contributed by atoms with Crippen LogP contribution in [-0.2, 0) is 0 Å². The molecule has 1 rings (SSSR count). The van der Waals surface area contributed by atoms with Crippen molar-refractivity contribution in [2.24, 2.45) is 0 Å². The molecule has 1 heterocycles. The average molecular weight is 126 g/mol. The molecule has 0 aromatic carbocycles. The fourth-order valence-electron chi connectivity index (χ4n) is 0.0231. The van der Waals surface area contributed by atoms with E-state index in [4.69, 9.17) is 0 Å². The summed E-state index contributed by atoms with van der Waals surface area (Å²) in [4.78, 5) is 0. The summed E-state index contributed by atoms with van der Waals surface area (Å²) >= 11 is 0. The predicted octanol–water partition coefficient (Wildman–Crippen LogP) is 2.91. The Bertz CT molecular complexity index is 38.0. The second kappa shape index (κ2) is 1.28. The fourth-order valence-corrected chi connectivity index (χ4v) is 5.61. The summed E-state index contributed by atoms with van der Waals surface area (Å²) < 4.78 is 0. The molecule has 0 aliphatic carbocycles. The summed E-state index contributed by atoms with van der Waals surface area (Å²) in [7, 11) is 6.14. The van der Waals surface area contributed by atoms with E-state index >= 15 is 0 Å². The molecule has 1 atom stereocenters. The summed E-state index contributed by atoms with van der Waals surface area (Å²) in [5.74, 6) is 0. The van der Waals surface area contributed by atoms with Gasteiger partial charge in [0.05, 0.1) is 0 Å². The third-order valence-corrected chi connectivity index (χ3v) is 10.8. The smallest absolute Gasteiger partial charge is 0.0280 e. The van der Waals surface area contributed by atoms with Gasteiger partial charge in [0.25, 0.3) is 0 Å².